The summed E-state index contributed by atoms with van der Waals surface area (Å²) in [4.78, 5) is 42.1. The first-order valence-corrected chi connectivity index (χ1v) is 6.55. The van der Waals surface area contributed by atoms with Gasteiger partial charge in [-0.2, -0.15) is 0 Å². The van der Waals surface area contributed by atoms with Crippen molar-refractivity contribution >= 4 is 23.9 Å². The van der Waals surface area contributed by atoms with Gasteiger partial charge < -0.3 is 9.47 Å². The van der Waals surface area contributed by atoms with Crippen LogP contribution in [0.2, 0.25) is 0 Å². The Hall–Kier alpha value is -1.72. The van der Waals surface area contributed by atoms with E-state index in [2.05, 4.69) is 9.47 Å². The summed E-state index contributed by atoms with van der Waals surface area (Å²) in [6.45, 7) is 0. The second-order valence-corrected chi connectivity index (χ2v) is 4.46. The Kier molecular flexibility index (Phi) is 6.78. The zero-order valence-electron chi connectivity index (χ0n) is 10.8. The average molecular weight is 270 g/mol. The maximum absolute atomic E-state index is 10.6. The molecular formula is C13H18O6. The zero-order valence-corrected chi connectivity index (χ0v) is 10.8. The van der Waals surface area contributed by atoms with Crippen molar-refractivity contribution in [2.75, 3.05) is 0 Å². The quantitative estimate of drug-likeness (QED) is 0.491. The summed E-state index contributed by atoms with van der Waals surface area (Å²) in [7, 11) is 0. The van der Waals surface area contributed by atoms with Crippen molar-refractivity contribution in [2.24, 2.45) is 0 Å². The number of hydrogen-bond acceptors (Lipinski definition) is 6. The smallest absolute Gasteiger partial charge is 0.313 e. The van der Waals surface area contributed by atoms with E-state index in [0.717, 1.165) is 32.1 Å². The van der Waals surface area contributed by atoms with Crippen molar-refractivity contribution in [1.82, 2.24) is 0 Å². The highest BCUT2D eigenvalue weighted by Crippen LogP contribution is 2.09. The molecular weight excluding hydrogens is 252 g/mol. The Labute approximate surface area is 111 Å². The standard InChI is InChI=1S/C7H10O3.C6H8O3/c8-6-4-2-1-3-5-7(9)10-6;7-5-3-1-2-4-6(8)9-5/h1-5H2;1-4H2. The van der Waals surface area contributed by atoms with E-state index in [1.165, 1.54) is 0 Å². The average Bonchev–Trinajstić information content (AvgIpc) is 2.50. The third-order valence-corrected chi connectivity index (χ3v) is 2.73. The van der Waals surface area contributed by atoms with Crippen LogP contribution in [0.4, 0.5) is 0 Å². The Morgan fingerprint density at radius 2 is 0.737 bits per heavy atom. The van der Waals surface area contributed by atoms with Gasteiger partial charge >= 0.3 is 23.9 Å². The molecule has 2 rings (SSSR count). The fourth-order valence-corrected chi connectivity index (χ4v) is 1.71. The molecule has 6 nitrogen and oxygen atoms in total. The van der Waals surface area contributed by atoms with Crippen molar-refractivity contribution in [3.8, 4) is 0 Å². The van der Waals surface area contributed by atoms with E-state index >= 15 is 0 Å². The van der Waals surface area contributed by atoms with E-state index in [0.29, 0.717) is 25.7 Å². The van der Waals surface area contributed by atoms with Crippen LogP contribution >= 0.6 is 0 Å². The number of esters is 4. The molecule has 0 aromatic rings. The highest BCUT2D eigenvalue weighted by atomic mass is 16.6. The monoisotopic (exact) mass is 270 g/mol. The molecule has 0 amide bonds. The van der Waals surface area contributed by atoms with Crippen LogP contribution in [0.15, 0.2) is 0 Å². The van der Waals surface area contributed by atoms with Crippen LogP contribution < -0.4 is 0 Å². The molecule has 6 heteroatoms. The number of carbonyl (C=O) groups is 4. The van der Waals surface area contributed by atoms with E-state index in [-0.39, 0.29) is 23.9 Å². The lowest BCUT2D eigenvalue weighted by molar-refractivity contribution is -0.161. The fourth-order valence-electron chi connectivity index (χ4n) is 1.71. The number of hydrogen-bond donors (Lipinski definition) is 0. The lowest BCUT2D eigenvalue weighted by atomic mass is 10.1. The largest absolute Gasteiger partial charge is 0.393 e. The fraction of sp³-hybridized carbons (Fsp3) is 0.692. The van der Waals surface area contributed by atoms with E-state index in [1.807, 2.05) is 0 Å². The van der Waals surface area contributed by atoms with Gasteiger partial charge in [0, 0.05) is 25.7 Å². The van der Waals surface area contributed by atoms with Gasteiger partial charge in [-0.25, -0.2) is 0 Å². The minimum absolute atomic E-state index is 0.371. The van der Waals surface area contributed by atoms with E-state index in [4.69, 9.17) is 0 Å². The van der Waals surface area contributed by atoms with Gasteiger partial charge in [-0.15, -0.1) is 0 Å². The van der Waals surface area contributed by atoms with Crippen molar-refractivity contribution in [2.45, 2.75) is 57.8 Å². The molecule has 0 aliphatic carbocycles. The van der Waals surface area contributed by atoms with Crippen molar-refractivity contribution in [3.05, 3.63) is 0 Å². The third kappa shape index (κ3) is 7.33. The second-order valence-electron chi connectivity index (χ2n) is 4.46. The Bertz CT molecular complexity index is 328. The molecule has 0 saturated carbocycles. The normalized spacial score (nSPS) is 21.1. The first-order valence-electron chi connectivity index (χ1n) is 6.55. The number of rotatable bonds is 0. The Balaban J connectivity index is 0.000000191. The summed E-state index contributed by atoms with van der Waals surface area (Å²) < 4.78 is 8.75. The molecule has 2 heterocycles. The second kappa shape index (κ2) is 8.39. The first-order chi connectivity index (χ1) is 9.08. The first kappa shape index (κ1) is 15.3. The lowest BCUT2D eigenvalue weighted by Crippen LogP contribution is -2.13. The van der Waals surface area contributed by atoms with E-state index in [9.17, 15) is 19.2 Å². The molecule has 19 heavy (non-hydrogen) atoms. The molecule has 2 aliphatic heterocycles. The lowest BCUT2D eigenvalue weighted by Gasteiger charge is -2.06. The predicted octanol–water partition coefficient (Wildman–Crippen LogP) is 1.65. The van der Waals surface area contributed by atoms with Crippen molar-refractivity contribution in [3.63, 3.8) is 0 Å². The molecule has 2 saturated heterocycles. The molecule has 106 valence electrons. The highest BCUT2D eigenvalue weighted by molar-refractivity contribution is 5.86. The van der Waals surface area contributed by atoms with Crippen LogP contribution in [0, 0.1) is 0 Å². The van der Waals surface area contributed by atoms with Crippen LogP contribution in [0.1, 0.15) is 57.8 Å². The van der Waals surface area contributed by atoms with Crippen LogP contribution in [0.3, 0.4) is 0 Å². The molecule has 0 bridgehead atoms. The topological polar surface area (TPSA) is 86.7 Å². The maximum atomic E-state index is 10.6. The zero-order chi connectivity index (χ0) is 14.1. The molecule has 2 aliphatic rings. The van der Waals surface area contributed by atoms with Gasteiger partial charge in [-0.1, -0.05) is 6.42 Å². The molecule has 2 fully saturated rings. The maximum Gasteiger partial charge on any atom is 0.313 e. The molecule has 0 atom stereocenters. The van der Waals surface area contributed by atoms with Crippen LogP contribution in [0.25, 0.3) is 0 Å². The summed E-state index contributed by atoms with van der Waals surface area (Å²) in [5, 5.41) is 0. The Morgan fingerprint density at radius 3 is 1.05 bits per heavy atom. The minimum atomic E-state index is -0.377. The highest BCUT2D eigenvalue weighted by Gasteiger charge is 2.14. The van der Waals surface area contributed by atoms with E-state index in [1.54, 1.807) is 0 Å². The van der Waals surface area contributed by atoms with Gasteiger partial charge in [0.15, 0.2) is 0 Å². The van der Waals surface area contributed by atoms with Gasteiger partial charge in [0.2, 0.25) is 0 Å². The SMILES string of the molecule is O=C1CCCCC(=O)O1.O=C1CCCCCC(=O)O1. The third-order valence-electron chi connectivity index (χ3n) is 2.73. The number of carbonyl (C=O) groups excluding carboxylic acids is 4. The molecule has 0 N–H and O–H groups in total. The van der Waals surface area contributed by atoms with Crippen molar-refractivity contribution < 1.29 is 28.7 Å². The Morgan fingerprint density at radius 1 is 0.474 bits per heavy atom. The van der Waals surface area contributed by atoms with Gasteiger partial charge in [-0.05, 0) is 25.7 Å². The van der Waals surface area contributed by atoms with Crippen molar-refractivity contribution in [1.29, 1.82) is 0 Å². The van der Waals surface area contributed by atoms with E-state index < -0.39 is 0 Å². The minimum Gasteiger partial charge on any atom is -0.393 e. The van der Waals surface area contributed by atoms with Gasteiger partial charge in [0.25, 0.3) is 0 Å². The molecule has 0 unspecified atom stereocenters. The summed E-state index contributed by atoms with van der Waals surface area (Å²) >= 11 is 0. The van der Waals surface area contributed by atoms with Gasteiger partial charge in [0.1, 0.15) is 0 Å². The summed E-state index contributed by atoms with van der Waals surface area (Å²) in [6, 6.07) is 0. The molecule has 0 aromatic carbocycles. The van der Waals surface area contributed by atoms with Crippen LogP contribution in [0.5, 0.6) is 0 Å². The predicted molar refractivity (Wildman–Crippen MR) is 63.8 cm³/mol. The summed E-state index contributed by atoms with van der Waals surface area (Å²) in [6.07, 6.45) is 5.81. The van der Waals surface area contributed by atoms with Gasteiger partial charge in [-0.3, -0.25) is 19.2 Å². The molecule has 0 spiro atoms. The molecule has 0 radical (unpaired) electrons. The number of ether oxygens (including phenoxy) is 2. The summed E-state index contributed by atoms with van der Waals surface area (Å²) in [5.41, 5.74) is 0. The summed E-state index contributed by atoms with van der Waals surface area (Å²) in [5.74, 6) is -1.50. The van der Waals surface area contributed by atoms with Gasteiger partial charge in [0.05, 0.1) is 0 Å². The number of cyclic esters (lactones) is 4. The van der Waals surface area contributed by atoms with Crippen LogP contribution in [-0.4, -0.2) is 23.9 Å². The molecule has 0 aromatic heterocycles. The van der Waals surface area contributed by atoms with Crippen LogP contribution in [-0.2, 0) is 28.7 Å².